The van der Waals surface area contributed by atoms with Crippen molar-refractivity contribution in [2.75, 3.05) is 5.75 Å². The van der Waals surface area contributed by atoms with Gasteiger partial charge in [-0.25, -0.2) is 4.57 Å². The van der Waals surface area contributed by atoms with Crippen molar-refractivity contribution in [1.82, 2.24) is 24.5 Å². The number of nitrogens with zero attached hydrogens (tertiary/aromatic N) is 4. The Labute approximate surface area is 206 Å². The molecule has 0 fully saturated rings. The molecule has 1 N–H and O–H groups in total. The first-order valence-corrected chi connectivity index (χ1v) is 12.3. The van der Waals surface area contributed by atoms with Crippen LogP contribution in [0.5, 0.6) is 0 Å². The minimum atomic E-state index is -0.153. The summed E-state index contributed by atoms with van der Waals surface area (Å²) in [5.41, 5.74) is 5.63. The highest BCUT2D eigenvalue weighted by Crippen LogP contribution is 2.24. The maximum Gasteiger partial charge on any atom is 0.267 e. The van der Waals surface area contributed by atoms with Crippen molar-refractivity contribution in [1.29, 1.82) is 0 Å². The van der Waals surface area contributed by atoms with E-state index in [1.54, 1.807) is 10.6 Å². The van der Waals surface area contributed by atoms with Crippen molar-refractivity contribution < 1.29 is 4.79 Å². The normalized spacial score (nSPS) is 11.3. The first kappa shape index (κ1) is 22.9. The summed E-state index contributed by atoms with van der Waals surface area (Å²) in [5.74, 6) is 0.506. The molecule has 7 nitrogen and oxygen atoms in total. The van der Waals surface area contributed by atoms with Crippen LogP contribution in [-0.2, 0) is 11.3 Å². The van der Waals surface area contributed by atoms with Crippen LogP contribution in [0.25, 0.3) is 22.4 Å². The minimum absolute atomic E-state index is 0.0978. The van der Waals surface area contributed by atoms with Crippen LogP contribution in [0.15, 0.2) is 76.7 Å². The largest absolute Gasteiger partial charge is 0.351 e. The molecule has 3 aromatic carbocycles. The molecule has 0 aliphatic rings. The van der Waals surface area contributed by atoms with Crippen LogP contribution >= 0.6 is 11.8 Å². The van der Waals surface area contributed by atoms with E-state index < -0.39 is 0 Å². The molecule has 0 aliphatic heterocycles. The number of hydrogen-bond donors (Lipinski definition) is 1. The summed E-state index contributed by atoms with van der Waals surface area (Å²) in [6.07, 6.45) is 0. The summed E-state index contributed by atoms with van der Waals surface area (Å²) >= 11 is 1.30. The molecule has 0 unspecified atom stereocenters. The minimum Gasteiger partial charge on any atom is -0.351 e. The van der Waals surface area contributed by atoms with E-state index in [0.29, 0.717) is 28.4 Å². The highest BCUT2D eigenvalue weighted by molar-refractivity contribution is 7.99. The summed E-state index contributed by atoms with van der Waals surface area (Å²) in [7, 11) is 0. The second-order valence-corrected chi connectivity index (χ2v) is 9.56. The molecule has 0 saturated heterocycles. The molecule has 0 radical (unpaired) electrons. The van der Waals surface area contributed by atoms with Gasteiger partial charge in [-0.05, 0) is 50.1 Å². The molecule has 176 valence electrons. The molecule has 2 aromatic heterocycles. The summed E-state index contributed by atoms with van der Waals surface area (Å²) in [6, 6.07) is 21.4. The van der Waals surface area contributed by atoms with Gasteiger partial charge in [0.25, 0.3) is 5.56 Å². The van der Waals surface area contributed by atoms with Gasteiger partial charge in [-0.1, -0.05) is 71.4 Å². The maximum absolute atomic E-state index is 13.5. The zero-order valence-corrected chi connectivity index (χ0v) is 20.6. The summed E-state index contributed by atoms with van der Waals surface area (Å²) in [5, 5.41) is 12.8. The lowest BCUT2D eigenvalue weighted by molar-refractivity contribution is -0.118. The van der Waals surface area contributed by atoms with Gasteiger partial charge in [0.2, 0.25) is 11.7 Å². The number of rotatable bonds is 6. The average molecular weight is 484 g/mol. The third-order valence-corrected chi connectivity index (χ3v) is 6.86. The first-order chi connectivity index (χ1) is 16.9. The Hall–Kier alpha value is -3.91. The number of amides is 1. The van der Waals surface area contributed by atoms with Crippen LogP contribution in [0.1, 0.15) is 22.3 Å². The number of aryl methyl sites for hydroxylation is 3. The lowest BCUT2D eigenvalue weighted by atomic mass is 10.1. The number of aromatic nitrogens is 4. The van der Waals surface area contributed by atoms with E-state index in [2.05, 4.69) is 15.5 Å². The SMILES string of the molecule is Cc1ccc(CNC(=O)CSc2nnc3n(-c4ccc(C)cc4C)c(=O)c4ccccc4n23)cc1. The number of para-hydroxylation sites is 1. The fraction of sp³-hybridized carbons (Fsp3) is 0.185. The summed E-state index contributed by atoms with van der Waals surface area (Å²) in [6.45, 7) is 6.50. The van der Waals surface area contributed by atoms with Crippen molar-refractivity contribution in [3.63, 3.8) is 0 Å². The van der Waals surface area contributed by atoms with E-state index >= 15 is 0 Å². The predicted octanol–water partition coefficient (Wildman–Crippen LogP) is 4.37. The lowest BCUT2D eigenvalue weighted by Crippen LogP contribution is -2.25. The standard InChI is InChI=1S/C27H25N5O2S/c1-17-8-11-20(12-9-17)15-28-24(33)16-35-27-30-29-26-31(22-13-10-18(2)14-19(22)3)25(34)21-6-4-5-7-23(21)32(26)27/h4-14H,15-16H2,1-3H3,(H,28,33). The van der Waals surface area contributed by atoms with Crippen LogP contribution in [0.4, 0.5) is 0 Å². The van der Waals surface area contributed by atoms with E-state index in [0.717, 1.165) is 22.4 Å². The molecular weight excluding hydrogens is 458 g/mol. The van der Waals surface area contributed by atoms with Gasteiger partial charge in [-0.2, -0.15) is 0 Å². The number of fused-ring (bicyclic) bond motifs is 3. The Morgan fingerprint density at radius 3 is 2.46 bits per heavy atom. The molecule has 0 bridgehead atoms. The molecule has 0 atom stereocenters. The number of carbonyl (C=O) groups is 1. The van der Waals surface area contributed by atoms with E-state index in [1.807, 2.05) is 85.8 Å². The van der Waals surface area contributed by atoms with Gasteiger partial charge < -0.3 is 5.32 Å². The van der Waals surface area contributed by atoms with Gasteiger partial charge in [0.1, 0.15) is 0 Å². The highest BCUT2D eigenvalue weighted by atomic mass is 32.2. The van der Waals surface area contributed by atoms with Gasteiger partial charge in [-0.3, -0.25) is 14.0 Å². The van der Waals surface area contributed by atoms with Crippen LogP contribution in [-0.4, -0.2) is 30.8 Å². The summed E-state index contributed by atoms with van der Waals surface area (Å²) < 4.78 is 3.46. The predicted molar refractivity (Wildman–Crippen MR) is 139 cm³/mol. The molecule has 35 heavy (non-hydrogen) atoms. The topological polar surface area (TPSA) is 81.3 Å². The fourth-order valence-electron chi connectivity index (χ4n) is 4.13. The van der Waals surface area contributed by atoms with Crippen LogP contribution < -0.4 is 10.9 Å². The highest BCUT2D eigenvalue weighted by Gasteiger charge is 2.19. The van der Waals surface area contributed by atoms with Crippen molar-refractivity contribution in [3.05, 3.63) is 99.3 Å². The number of thioether (sulfide) groups is 1. The number of benzene rings is 3. The van der Waals surface area contributed by atoms with Gasteiger partial charge in [-0.15, -0.1) is 10.2 Å². The molecular formula is C27H25N5O2S. The Balaban J connectivity index is 1.49. The van der Waals surface area contributed by atoms with Crippen LogP contribution in [0.3, 0.4) is 0 Å². The van der Waals surface area contributed by atoms with E-state index in [-0.39, 0.29) is 17.2 Å². The maximum atomic E-state index is 13.5. The number of hydrogen-bond acceptors (Lipinski definition) is 5. The van der Waals surface area contributed by atoms with Gasteiger partial charge in [0.05, 0.1) is 22.3 Å². The molecule has 1 amide bonds. The Morgan fingerprint density at radius 1 is 0.943 bits per heavy atom. The Bertz CT molecular complexity index is 1620. The lowest BCUT2D eigenvalue weighted by Gasteiger charge is -2.13. The number of carbonyl (C=O) groups excluding carboxylic acids is 1. The molecule has 0 saturated carbocycles. The second-order valence-electron chi connectivity index (χ2n) is 8.62. The Kier molecular flexibility index (Phi) is 6.13. The van der Waals surface area contributed by atoms with E-state index in [4.69, 9.17) is 0 Å². The first-order valence-electron chi connectivity index (χ1n) is 11.3. The van der Waals surface area contributed by atoms with Crippen LogP contribution in [0, 0.1) is 20.8 Å². The summed E-state index contributed by atoms with van der Waals surface area (Å²) in [4.78, 5) is 26.1. The van der Waals surface area contributed by atoms with Crippen molar-refractivity contribution in [2.24, 2.45) is 0 Å². The van der Waals surface area contributed by atoms with Gasteiger partial charge >= 0.3 is 0 Å². The smallest absolute Gasteiger partial charge is 0.267 e. The molecule has 0 spiro atoms. The second kappa shape index (κ2) is 9.38. The molecule has 2 heterocycles. The average Bonchev–Trinajstić information content (AvgIpc) is 3.27. The van der Waals surface area contributed by atoms with E-state index in [1.165, 1.54) is 17.3 Å². The monoisotopic (exact) mass is 483 g/mol. The fourth-order valence-corrected chi connectivity index (χ4v) is 4.90. The van der Waals surface area contributed by atoms with Crippen molar-refractivity contribution >= 4 is 34.3 Å². The molecule has 5 rings (SSSR count). The molecule has 0 aliphatic carbocycles. The third kappa shape index (κ3) is 4.44. The van der Waals surface area contributed by atoms with Crippen LogP contribution in [0.2, 0.25) is 0 Å². The quantitative estimate of drug-likeness (QED) is 0.363. The van der Waals surface area contributed by atoms with Gasteiger partial charge in [0.15, 0.2) is 5.16 Å². The van der Waals surface area contributed by atoms with Gasteiger partial charge in [0, 0.05) is 6.54 Å². The van der Waals surface area contributed by atoms with E-state index in [9.17, 15) is 9.59 Å². The zero-order valence-electron chi connectivity index (χ0n) is 19.8. The molecule has 5 aromatic rings. The Morgan fingerprint density at radius 2 is 1.69 bits per heavy atom. The van der Waals surface area contributed by atoms with Crippen molar-refractivity contribution in [2.45, 2.75) is 32.5 Å². The zero-order chi connectivity index (χ0) is 24.5. The number of nitrogens with one attached hydrogen (secondary N) is 1. The molecule has 8 heteroatoms. The third-order valence-electron chi connectivity index (χ3n) is 5.93. The van der Waals surface area contributed by atoms with Crippen molar-refractivity contribution in [3.8, 4) is 5.69 Å².